The third-order valence-electron chi connectivity index (χ3n) is 3.49. The monoisotopic (exact) mass is 491 g/mol. The van der Waals surface area contributed by atoms with Gasteiger partial charge in [-0.1, -0.05) is 12.1 Å². The highest BCUT2D eigenvalue weighted by molar-refractivity contribution is 14.0. The third kappa shape index (κ3) is 8.17. The number of nitrogens with one attached hydrogen (secondary N) is 2. The van der Waals surface area contributed by atoms with Gasteiger partial charge in [0.15, 0.2) is 5.96 Å². The number of aromatic nitrogens is 2. The summed E-state index contributed by atoms with van der Waals surface area (Å²) in [4.78, 5) is 4.28. The second-order valence-corrected chi connectivity index (χ2v) is 7.94. The molecule has 0 unspecified atom stereocenters. The highest BCUT2D eigenvalue weighted by Crippen LogP contribution is 2.08. The molecule has 144 valence electrons. The van der Waals surface area contributed by atoms with Crippen molar-refractivity contribution < 1.29 is 8.42 Å². The van der Waals surface area contributed by atoms with Crippen LogP contribution in [0.25, 0.3) is 5.69 Å². The molecule has 26 heavy (non-hydrogen) atoms. The Morgan fingerprint density at radius 3 is 2.54 bits per heavy atom. The van der Waals surface area contributed by atoms with Crippen LogP contribution in [-0.2, 0) is 16.3 Å². The van der Waals surface area contributed by atoms with E-state index in [4.69, 9.17) is 0 Å². The Morgan fingerprint density at radius 1 is 1.23 bits per heavy atom. The topological polar surface area (TPSA) is 88.4 Å². The molecule has 0 aliphatic carbocycles. The Bertz CT molecular complexity index is 774. The minimum atomic E-state index is -2.99. The fraction of sp³-hybridized carbons (Fsp3) is 0.412. The highest BCUT2D eigenvalue weighted by Gasteiger charge is 2.02. The Kier molecular flexibility index (Phi) is 9.63. The van der Waals surface area contributed by atoms with E-state index < -0.39 is 9.84 Å². The summed E-state index contributed by atoms with van der Waals surface area (Å²) in [5, 5.41) is 10.5. The number of nitrogens with zero attached hydrogens (tertiary/aromatic N) is 3. The first-order chi connectivity index (χ1) is 12.0. The van der Waals surface area contributed by atoms with Crippen LogP contribution in [0, 0.1) is 0 Å². The molecule has 0 radical (unpaired) electrons. The molecule has 0 amide bonds. The summed E-state index contributed by atoms with van der Waals surface area (Å²) < 4.78 is 24.2. The van der Waals surface area contributed by atoms with Crippen molar-refractivity contribution in [3.05, 3.63) is 48.3 Å². The number of halogens is 1. The van der Waals surface area contributed by atoms with E-state index in [0.717, 1.165) is 18.7 Å². The second kappa shape index (κ2) is 11.2. The van der Waals surface area contributed by atoms with E-state index in [1.807, 2.05) is 36.0 Å². The van der Waals surface area contributed by atoms with Gasteiger partial charge in [-0.15, -0.1) is 24.0 Å². The largest absolute Gasteiger partial charge is 0.357 e. The molecule has 2 N–H and O–H groups in total. The van der Waals surface area contributed by atoms with Gasteiger partial charge in [0.25, 0.3) is 0 Å². The molecule has 1 heterocycles. The third-order valence-corrected chi connectivity index (χ3v) is 4.41. The Balaban J connectivity index is 0.00000338. The number of aliphatic imine (C=N–C) groups is 1. The van der Waals surface area contributed by atoms with Crippen molar-refractivity contribution in [1.82, 2.24) is 20.4 Å². The SMILES string of the molecule is CCNC(=NCCS(C)(=O)=O)NCCc1ccc(-n2cccn2)cc1.I. The van der Waals surface area contributed by atoms with Crippen LogP contribution in [-0.4, -0.2) is 55.8 Å². The van der Waals surface area contributed by atoms with Gasteiger partial charge in [0.05, 0.1) is 18.0 Å². The van der Waals surface area contributed by atoms with Gasteiger partial charge in [-0.2, -0.15) is 5.10 Å². The van der Waals surface area contributed by atoms with E-state index in [1.165, 1.54) is 11.8 Å². The quantitative estimate of drug-likeness (QED) is 0.333. The standard InChI is InChI=1S/C17H25N5O2S.HI/c1-3-18-17(20-12-14-25(2,23)24)19-11-9-15-5-7-16(8-6-15)22-13-4-10-21-22;/h4-8,10,13H,3,9,11-12,14H2,1-2H3,(H2,18,19,20);1H. The lowest BCUT2D eigenvalue weighted by Crippen LogP contribution is -2.38. The van der Waals surface area contributed by atoms with E-state index in [2.05, 4.69) is 32.9 Å². The highest BCUT2D eigenvalue weighted by atomic mass is 127. The number of hydrogen-bond acceptors (Lipinski definition) is 4. The zero-order chi connectivity index (χ0) is 18.1. The Hall–Kier alpha value is -1.62. The maximum Gasteiger partial charge on any atom is 0.191 e. The zero-order valence-corrected chi connectivity index (χ0v) is 18.2. The summed E-state index contributed by atoms with van der Waals surface area (Å²) in [5.41, 5.74) is 2.23. The lowest BCUT2D eigenvalue weighted by Gasteiger charge is -2.11. The fourth-order valence-corrected chi connectivity index (χ4v) is 2.65. The molecule has 0 bridgehead atoms. The van der Waals surface area contributed by atoms with Crippen molar-refractivity contribution in [2.45, 2.75) is 13.3 Å². The molecule has 0 atom stereocenters. The molecular formula is C17H26IN5O2S. The molecule has 2 aromatic rings. The van der Waals surface area contributed by atoms with Gasteiger partial charge < -0.3 is 10.6 Å². The first-order valence-corrected chi connectivity index (χ1v) is 10.3. The predicted molar refractivity (Wildman–Crippen MR) is 116 cm³/mol. The summed E-state index contributed by atoms with van der Waals surface area (Å²) in [5.74, 6) is 0.692. The molecule has 9 heteroatoms. The second-order valence-electron chi connectivity index (χ2n) is 5.68. The van der Waals surface area contributed by atoms with Crippen molar-refractivity contribution in [2.75, 3.05) is 31.6 Å². The number of sulfone groups is 1. The average molecular weight is 491 g/mol. The number of hydrogen-bond donors (Lipinski definition) is 2. The number of rotatable bonds is 8. The lowest BCUT2D eigenvalue weighted by molar-refractivity contribution is 0.601. The Labute approximate surface area is 172 Å². The molecular weight excluding hydrogens is 465 g/mol. The summed E-state index contributed by atoms with van der Waals surface area (Å²) in [7, 11) is -2.99. The van der Waals surface area contributed by atoms with E-state index in [-0.39, 0.29) is 36.3 Å². The Morgan fingerprint density at radius 2 is 1.96 bits per heavy atom. The van der Waals surface area contributed by atoms with Crippen LogP contribution < -0.4 is 10.6 Å². The minimum absolute atomic E-state index is 0. The van der Waals surface area contributed by atoms with Crippen LogP contribution in [0.4, 0.5) is 0 Å². The maximum atomic E-state index is 11.2. The van der Waals surface area contributed by atoms with Gasteiger partial charge in [0.2, 0.25) is 0 Å². The van der Waals surface area contributed by atoms with E-state index in [0.29, 0.717) is 12.5 Å². The van der Waals surface area contributed by atoms with Crippen molar-refractivity contribution in [2.24, 2.45) is 4.99 Å². The molecule has 0 spiro atoms. The first-order valence-electron chi connectivity index (χ1n) is 8.27. The zero-order valence-electron chi connectivity index (χ0n) is 15.1. The lowest BCUT2D eigenvalue weighted by atomic mass is 10.1. The van der Waals surface area contributed by atoms with Crippen LogP contribution in [0.5, 0.6) is 0 Å². The van der Waals surface area contributed by atoms with Crippen molar-refractivity contribution in [3.8, 4) is 5.69 Å². The van der Waals surface area contributed by atoms with Gasteiger partial charge in [0.1, 0.15) is 9.84 Å². The molecule has 7 nitrogen and oxygen atoms in total. The van der Waals surface area contributed by atoms with Crippen molar-refractivity contribution in [3.63, 3.8) is 0 Å². The maximum absolute atomic E-state index is 11.2. The predicted octanol–water partition coefficient (Wildman–Crippen LogP) is 1.63. The van der Waals surface area contributed by atoms with Crippen LogP contribution >= 0.6 is 24.0 Å². The van der Waals surface area contributed by atoms with Gasteiger partial charge in [-0.25, -0.2) is 13.1 Å². The fourth-order valence-electron chi connectivity index (χ4n) is 2.23. The normalized spacial score (nSPS) is 11.7. The number of guanidine groups is 1. The van der Waals surface area contributed by atoms with E-state index >= 15 is 0 Å². The molecule has 0 aliphatic rings. The van der Waals surface area contributed by atoms with Crippen LogP contribution in [0.3, 0.4) is 0 Å². The van der Waals surface area contributed by atoms with E-state index in [9.17, 15) is 8.42 Å². The molecule has 0 aliphatic heterocycles. The average Bonchev–Trinajstić information content (AvgIpc) is 3.09. The van der Waals surface area contributed by atoms with Gasteiger partial charge in [-0.3, -0.25) is 4.99 Å². The summed E-state index contributed by atoms with van der Waals surface area (Å²) in [6, 6.07) is 10.1. The van der Waals surface area contributed by atoms with Crippen molar-refractivity contribution in [1.29, 1.82) is 0 Å². The number of benzene rings is 1. The van der Waals surface area contributed by atoms with Gasteiger partial charge in [0, 0.05) is 31.7 Å². The van der Waals surface area contributed by atoms with E-state index in [1.54, 1.807) is 6.20 Å². The molecule has 0 fully saturated rings. The van der Waals surface area contributed by atoms with Crippen LogP contribution in [0.15, 0.2) is 47.7 Å². The van der Waals surface area contributed by atoms with Crippen LogP contribution in [0.1, 0.15) is 12.5 Å². The summed E-state index contributed by atoms with van der Waals surface area (Å²) in [6.45, 7) is 3.67. The molecule has 2 rings (SSSR count). The van der Waals surface area contributed by atoms with Gasteiger partial charge in [-0.05, 0) is 37.1 Å². The summed E-state index contributed by atoms with van der Waals surface area (Å²) >= 11 is 0. The smallest absolute Gasteiger partial charge is 0.191 e. The summed E-state index contributed by atoms with van der Waals surface area (Å²) in [6.07, 6.45) is 5.72. The molecule has 0 saturated carbocycles. The molecule has 0 saturated heterocycles. The van der Waals surface area contributed by atoms with Crippen LogP contribution in [0.2, 0.25) is 0 Å². The first kappa shape index (κ1) is 22.4. The van der Waals surface area contributed by atoms with Gasteiger partial charge >= 0.3 is 0 Å². The minimum Gasteiger partial charge on any atom is -0.357 e. The molecule has 1 aromatic carbocycles. The molecule has 1 aromatic heterocycles. The van der Waals surface area contributed by atoms with Crippen molar-refractivity contribution >= 4 is 39.8 Å².